The molecule has 14 heavy (non-hydrogen) atoms. The van der Waals surface area contributed by atoms with E-state index in [0.29, 0.717) is 16.3 Å². The summed E-state index contributed by atoms with van der Waals surface area (Å²) in [7, 11) is 0. The molecule has 2 heterocycles. The Morgan fingerprint density at radius 2 is 2.07 bits per heavy atom. The normalized spacial score (nSPS) is 11.9. The van der Waals surface area contributed by atoms with E-state index in [1.54, 1.807) is 0 Å². The van der Waals surface area contributed by atoms with Gasteiger partial charge in [0, 0.05) is 0 Å². The Kier molecular flexibility index (Phi) is 2.03. The average molecular weight is 219 g/mol. The number of halogens is 3. The molecule has 0 saturated carbocycles. The molecule has 0 atom stereocenters. The molecule has 0 amide bonds. The van der Waals surface area contributed by atoms with Crippen LogP contribution in [0.2, 0.25) is 0 Å². The summed E-state index contributed by atoms with van der Waals surface area (Å²) in [5.74, 6) is 0. The fraction of sp³-hybridized carbons (Fsp3) is 0.143. The third-order valence-corrected chi connectivity index (χ3v) is 2.64. The molecule has 0 aromatic carbocycles. The molecule has 0 unspecified atom stereocenters. The second kappa shape index (κ2) is 3.09. The minimum atomic E-state index is -4.29. The summed E-state index contributed by atoms with van der Waals surface area (Å²) < 4.78 is 37.9. The van der Waals surface area contributed by atoms with Crippen molar-refractivity contribution in [2.45, 2.75) is 6.18 Å². The Balaban J connectivity index is 2.36. The molecule has 0 aliphatic heterocycles. The number of alkyl halides is 3. The Morgan fingerprint density at radius 3 is 2.57 bits per heavy atom. The SMILES string of the molecule is FC(F)(F)c1ccc(-n2ccnn2)s1. The van der Waals surface area contributed by atoms with Crippen molar-refractivity contribution in [3.63, 3.8) is 0 Å². The number of hydrogen-bond donors (Lipinski definition) is 0. The summed E-state index contributed by atoms with van der Waals surface area (Å²) in [5.41, 5.74) is 0. The zero-order valence-electron chi connectivity index (χ0n) is 6.69. The maximum absolute atomic E-state index is 12.2. The van der Waals surface area contributed by atoms with Gasteiger partial charge in [0.1, 0.15) is 9.88 Å². The molecule has 0 saturated heterocycles. The lowest BCUT2D eigenvalue weighted by atomic mass is 10.4. The highest BCUT2D eigenvalue weighted by Gasteiger charge is 2.32. The van der Waals surface area contributed by atoms with Crippen LogP contribution in [0, 0.1) is 0 Å². The van der Waals surface area contributed by atoms with Gasteiger partial charge in [-0.15, -0.1) is 16.4 Å². The van der Waals surface area contributed by atoms with Gasteiger partial charge < -0.3 is 0 Å². The van der Waals surface area contributed by atoms with E-state index in [1.165, 1.54) is 23.1 Å². The van der Waals surface area contributed by atoms with Crippen LogP contribution >= 0.6 is 11.3 Å². The molecule has 2 aromatic heterocycles. The topological polar surface area (TPSA) is 30.7 Å². The molecule has 0 aliphatic carbocycles. The van der Waals surface area contributed by atoms with Crippen molar-refractivity contribution in [3.8, 4) is 5.00 Å². The third kappa shape index (κ3) is 1.63. The van der Waals surface area contributed by atoms with Gasteiger partial charge in [-0.2, -0.15) is 13.2 Å². The lowest BCUT2D eigenvalue weighted by Gasteiger charge is -2.00. The summed E-state index contributed by atoms with van der Waals surface area (Å²) in [6, 6.07) is 2.39. The van der Waals surface area contributed by atoms with Crippen LogP contribution < -0.4 is 0 Å². The van der Waals surface area contributed by atoms with Crippen molar-refractivity contribution in [2.24, 2.45) is 0 Å². The lowest BCUT2D eigenvalue weighted by Crippen LogP contribution is -2.00. The lowest BCUT2D eigenvalue weighted by molar-refractivity contribution is -0.134. The highest BCUT2D eigenvalue weighted by molar-refractivity contribution is 7.14. The second-order valence-electron chi connectivity index (χ2n) is 2.48. The van der Waals surface area contributed by atoms with E-state index in [9.17, 15) is 13.2 Å². The van der Waals surface area contributed by atoms with E-state index in [0.717, 1.165) is 6.07 Å². The monoisotopic (exact) mass is 219 g/mol. The van der Waals surface area contributed by atoms with Gasteiger partial charge in [-0.1, -0.05) is 5.21 Å². The number of rotatable bonds is 1. The van der Waals surface area contributed by atoms with Crippen molar-refractivity contribution in [1.82, 2.24) is 15.0 Å². The molecule has 7 heteroatoms. The minimum Gasteiger partial charge on any atom is -0.211 e. The molecular formula is C7H4F3N3S. The molecule has 0 radical (unpaired) electrons. The van der Waals surface area contributed by atoms with Crippen LogP contribution in [0.15, 0.2) is 24.5 Å². The predicted molar refractivity (Wildman–Crippen MR) is 44.2 cm³/mol. The first-order chi connectivity index (χ1) is 6.57. The maximum Gasteiger partial charge on any atom is 0.425 e. The van der Waals surface area contributed by atoms with Crippen molar-refractivity contribution in [3.05, 3.63) is 29.4 Å². The van der Waals surface area contributed by atoms with Crippen molar-refractivity contribution in [1.29, 1.82) is 0 Å². The Labute approximate surface area is 80.8 Å². The van der Waals surface area contributed by atoms with Gasteiger partial charge in [0.25, 0.3) is 0 Å². The average Bonchev–Trinajstić information content (AvgIpc) is 2.73. The van der Waals surface area contributed by atoms with Crippen LogP contribution in [0.5, 0.6) is 0 Å². The van der Waals surface area contributed by atoms with Crippen LogP contribution in [-0.4, -0.2) is 15.0 Å². The Bertz CT molecular complexity index is 418. The van der Waals surface area contributed by atoms with Crippen LogP contribution in [0.4, 0.5) is 13.2 Å². The molecule has 0 spiro atoms. The molecule has 2 aromatic rings. The summed E-state index contributed by atoms with van der Waals surface area (Å²) in [6.45, 7) is 0. The summed E-state index contributed by atoms with van der Waals surface area (Å²) in [6.07, 6.45) is -1.39. The van der Waals surface area contributed by atoms with Crippen LogP contribution in [0.1, 0.15) is 4.88 Å². The van der Waals surface area contributed by atoms with Gasteiger partial charge in [-0.3, -0.25) is 0 Å². The molecule has 0 N–H and O–H groups in total. The quantitative estimate of drug-likeness (QED) is 0.737. The maximum atomic E-state index is 12.2. The van der Waals surface area contributed by atoms with Gasteiger partial charge >= 0.3 is 6.18 Å². The first-order valence-electron chi connectivity index (χ1n) is 3.61. The highest BCUT2D eigenvalue weighted by Crippen LogP contribution is 2.35. The molecule has 0 aliphatic rings. The number of aromatic nitrogens is 3. The van der Waals surface area contributed by atoms with Gasteiger partial charge in [-0.25, -0.2) is 4.68 Å². The van der Waals surface area contributed by atoms with E-state index in [1.807, 2.05) is 0 Å². The van der Waals surface area contributed by atoms with Gasteiger partial charge in [0.05, 0.1) is 12.4 Å². The zero-order valence-corrected chi connectivity index (χ0v) is 7.51. The first-order valence-corrected chi connectivity index (χ1v) is 4.43. The molecule has 0 bridgehead atoms. The van der Waals surface area contributed by atoms with E-state index in [2.05, 4.69) is 10.3 Å². The van der Waals surface area contributed by atoms with Crippen LogP contribution in [0.25, 0.3) is 5.00 Å². The minimum absolute atomic E-state index is 0.398. The molecule has 74 valence electrons. The van der Waals surface area contributed by atoms with Crippen molar-refractivity contribution < 1.29 is 13.2 Å². The first kappa shape index (κ1) is 9.20. The van der Waals surface area contributed by atoms with Crippen LogP contribution in [0.3, 0.4) is 0 Å². The number of hydrogen-bond acceptors (Lipinski definition) is 3. The highest BCUT2D eigenvalue weighted by atomic mass is 32.1. The third-order valence-electron chi connectivity index (χ3n) is 1.52. The molecule has 2 rings (SSSR count). The molecule has 0 fully saturated rings. The van der Waals surface area contributed by atoms with Crippen LogP contribution in [-0.2, 0) is 6.18 Å². The van der Waals surface area contributed by atoms with Crippen molar-refractivity contribution >= 4 is 11.3 Å². The summed E-state index contributed by atoms with van der Waals surface area (Å²) in [5, 5.41) is 7.50. The Morgan fingerprint density at radius 1 is 1.29 bits per heavy atom. The molecule has 3 nitrogen and oxygen atoms in total. The Hall–Kier alpha value is -1.37. The standard InChI is InChI=1S/C7H4F3N3S/c8-7(9,10)5-1-2-6(14-5)13-4-3-11-12-13/h1-4H. The van der Waals surface area contributed by atoms with Gasteiger partial charge in [0.15, 0.2) is 0 Å². The van der Waals surface area contributed by atoms with Gasteiger partial charge in [-0.05, 0) is 12.1 Å². The number of nitrogens with zero attached hydrogens (tertiary/aromatic N) is 3. The largest absolute Gasteiger partial charge is 0.425 e. The predicted octanol–water partition coefficient (Wildman–Crippen LogP) is 2.35. The zero-order chi connectivity index (χ0) is 10.2. The summed E-state index contributed by atoms with van der Waals surface area (Å²) in [4.78, 5) is -0.636. The fourth-order valence-electron chi connectivity index (χ4n) is 0.929. The smallest absolute Gasteiger partial charge is 0.211 e. The summed E-state index contributed by atoms with van der Waals surface area (Å²) >= 11 is 0.633. The van der Waals surface area contributed by atoms with E-state index < -0.39 is 11.1 Å². The second-order valence-corrected chi connectivity index (χ2v) is 3.55. The van der Waals surface area contributed by atoms with Gasteiger partial charge in [0.2, 0.25) is 0 Å². The van der Waals surface area contributed by atoms with E-state index >= 15 is 0 Å². The van der Waals surface area contributed by atoms with E-state index in [4.69, 9.17) is 0 Å². The molecular weight excluding hydrogens is 215 g/mol. The van der Waals surface area contributed by atoms with E-state index in [-0.39, 0.29) is 0 Å². The fourth-order valence-corrected chi connectivity index (χ4v) is 1.73. The number of thiophene rings is 1. The van der Waals surface area contributed by atoms with Crippen molar-refractivity contribution in [2.75, 3.05) is 0 Å².